The van der Waals surface area contributed by atoms with Gasteiger partial charge in [0.05, 0.1) is 0 Å². The Kier molecular flexibility index (Phi) is 5.60. The largest absolute Gasteiger partial charge is 0.457 e. The summed E-state index contributed by atoms with van der Waals surface area (Å²) in [5.41, 5.74) is 3.04. The molecule has 0 bridgehead atoms. The normalized spacial score (nSPS) is 11.1. The monoisotopic (exact) mass is 359 g/mol. The van der Waals surface area contributed by atoms with Gasteiger partial charge in [-0.1, -0.05) is 63.2 Å². The van der Waals surface area contributed by atoms with E-state index in [0.29, 0.717) is 12.1 Å². The minimum Gasteiger partial charge on any atom is -0.457 e. The number of nitrogens with one attached hydrogen (secondary N) is 1. The van der Waals surface area contributed by atoms with Gasteiger partial charge in [0.1, 0.15) is 11.5 Å². The van der Waals surface area contributed by atoms with Crippen molar-refractivity contribution in [3.8, 4) is 11.5 Å². The number of benzene rings is 3. The first-order chi connectivity index (χ1) is 12.9. The topological polar surface area (TPSA) is 38.3 Å². The van der Waals surface area contributed by atoms with Gasteiger partial charge in [0.15, 0.2) is 0 Å². The summed E-state index contributed by atoms with van der Waals surface area (Å²) in [5.74, 6) is 1.47. The number of amides is 1. The highest BCUT2D eigenvalue weighted by molar-refractivity contribution is 5.94. The summed E-state index contributed by atoms with van der Waals surface area (Å²) in [6.07, 6.45) is 0. The molecular formula is C24H25NO2. The van der Waals surface area contributed by atoms with Crippen LogP contribution in [0.5, 0.6) is 11.5 Å². The molecule has 3 rings (SSSR count). The van der Waals surface area contributed by atoms with E-state index in [4.69, 9.17) is 4.74 Å². The van der Waals surface area contributed by atoms with Crippen LogP contribution in [0.3, 0.4) is 0 Å². The lowest BCUT2D eigenvalue weighted by molar-refractivity contribution is 0.0951. The molecule has 0 atom stereocenters. The van der Waals surface area contributed by atoms with Crippen molar-refractivity contribution in [2.75, 3.05) is 0 Å². The van der Waals surface area contributed by atoms with Gasteiger partial charge < -0.3 is 10.1 Å². The first kappa shape index (κ1) is 18.7. The zero-order chi connectivity index (χ0) is 19.3. The van der Waals surface area contributed by atoms with Crippen molar-refractivity contribution in [1.82, 2.24) is 5.32 Å². The molecule has 3 aromatic rings. The van der Waals surface area contributed by atoms with E-state index in [2.05, 4.69) is 38.2 Å². The molecule has 0 aliphatic heterocycles. The van der Waals surface area contributed by atoms with Crippen LogP contribution in [0.4, 0.5) is 0 Å². The molecule has 0 fully saturated rings. The summed E-state index contributed by atoms with van der Waals surface area (Å²) in [5, 5.41) is 2.94. The van der Waals surface area contributed by atoms with Crippen molar-refractivity contribution >= 4 is 5.91 Å². The number of carbonyl (C=O) groups excluding carboxylic acids is 1. The van der Waals surface area contributed by atoms with E-state index < -0.39 is 0 Å². The van der Waals surface area contributed by atoms with Crippen LogP contribution in [-0.2, 0) is 12.0 Å². The lowest BCUT2D eigenvalue weighted by Crippen LogP contribution is -2.22. The van der Waals surface area contributed by atoms with Gasteiger partial charge in [-0.2, -0.15) is 0 Å². The molecule has 0 spiro atoms. The van der Waals surface area contributed by atoms with Gasteiger partial charge in [0.2, 0.25) is 0 Å². The van der Waals surface area contributed by atoms with Crippen molar-refractivity contribution < 1.29 is 9.53 Å². The maximum Gasteiger partial charge on any atom is 0.251 e. The van der Waals surface area contributed by atoms with E-state index >= 15 is 0 Å². The SMILES string of the molecule is CC(C)(C)c1ccc(Oc2cccc(CNC(=O)c3ccccc3)c2)cc1. The molecule has 1 amide bonds. The van der Waals surface area contributed by atoms with Crippen LogP contribution in [0.15, 0.2) is 78.9 Å². The van der Waals surface area contributed by atoms with E-state index in [1.807, 2.05) is 54.6 Å². The predicted molar refractivity (Wildman–Crippen MR) is 109 cm³/mol. The van der Waals surface area contributed by atoms with E-state index in [9.17, 15) is 4.79 Å². The smallest absolute Gasteiger partial charge is 0.251 e. The Morgan fingerprint density at radius 1 is 0.852 bits per heavy atom. The quantitative estimate of drug-likeness (QED) is 0.634. The number of ether oxygens (including phenoxy) is 1. The van der Waals surface area contributed by atoms with Crippen LogP contribution in [-0.4, -0.2) is 5.91 Å². The molecule has 3 aromatic carbocycles. The Morgan fingerprint density at radius 3 is 2.22 bits per heavy atom. The first-order valence-electron chi connectivity index (χ1n) is 9.12. The zero-order valence-corrected chi connectivity index (χ0v) is 16.0. The van der Waals surface area contributed by atoms with E-state index in [0.717, 1.165) is 17.1 Å². The molecule has 0 aromatic heterocycles. The van der Waals surface area contributed by atoms with Gasteiger partial charge in [0, 0.05) is 12.1 Å². The Labute approximate surface area is 161 Å². The second kappa shape index (κ2) is 8.09. The molecule has 1 N–H and O–H groups in total. The van der Waals surface area contributed by atoms with Gasteiger partial charge in [-0.25, -0.2) is 0 Å². The minimum absolute atomic E-state index is 0.0836. The van der Waals surface area contributed by atoms with Crippen LogP contribution in [0.2, 0.25) is 0 Å². The van der Waals surface area contributed by atoms with E-state index in [1.54, 1.807) is 12.1 Å². The van der Waals surface area contributed by atoms with Gasteiger partial charge >= 0.3 is 0 Å². The number of hydrogen-bond donors (Lipinski definition) is 1. The molecule has 0 aliphatic rings. The highest BCUT2D eigenvalue weighted by Gasteiger charge is 2.13. The van der Waals surface area contributed by atoms with Crippen LogP contribution in [0.25, 0.3) is 0 Å². The molecule has 0 saturated heterocycles. The van der Waals surface area contributed by atoms with Crippen LogP contribution >= 0.6 is 0 Å². The van der Waals surface area contributed by atoms with Crippen LogP contribution < -0.4 is 10.1 Å². The molecule has 3 nitrogen and oxygen atoms in total. The zero-order valence-electron chi connectivity index (χ0n) is 16.0. The van der Waals surface area contributed by atoms with Crippen LogP contribution in [0.1, 0.15) is 42.3 Å². The molecule has 0 saturated carbocycles. The third-order valence-electron chi connectivity index (χ3n) is 4.34. The van der Waals surface area contributed by atoms with Crippen molar-refractivity contribution in [1.29, 1.82) is 0 Å². The molecule has 3 heteroatoms. The Balaban J connectivity index is 1.63. The molecule has 138 valence electrons. The molecular weight excluding hydrogens is 334 g/mol. The highest BCUT2D eigenvalue weighted by atomic mass is 16.5. The first-order valence-corrected chi connectivity index (χ1v) is 9.12. The fourth-order valence-corrected chi connectivity index (χ4v) is 2.75. The van der Waals surface area contributed by atoms with Gasteiger partial charge in [-0.15, -0.1) is 0 Å². The molecule has 0 heterocycles. The summed E-state index contributed by atoms with van der Waals surface area (Å²) in [4.78, 5) is 12.2. The summed E-state index contributed by atoms with van der Waals surface area (Å²) < 4.78 is 5.97. The van der Waals surface area contributed by atoms with Gasteiger partial charge in [0.25, 0.3) is 5.91 Å². The fraction of sp³-hybridized carbons (Fsp3) is 0.208. The highest BCUT2D eigenvalue weighted by Crippen LogP contribution is 2.27. The number of carbonyl (C=O) groups is 1. The molecule has 27 heavy (non-hydrogen) atoms. The van der Waals surface area contributed by atoms with Gasteiger partial charge in [-0.3, -0.25) is 4.79 Å². The van der Waals surface area contributed by atoms with Crippen molar-refractivity contribution in [3.05, 3.63) is 95.6 Å². The average Bonchev–Trinajstić information content (AvgIpc) is 2.67. The molecule has 0 radical (unpaired) electrons. The average molecular weight is 359 g/mol. The standard InChI is InChI=1S/C24H25NO2/c1-24(2,3)20-12-14-21(15-13-20)27-22-11-7-8-18(16-22)17-25-23(26)19-9-5-4-6-10-19/h4-16H,17H2,1-3H3,(H,25,26). The van der Waals surface area contributed by atoms with Crippen molar-refractivity contribution in [2.24, 2.45) is 0 Å². The summed E-state index contributed by atoms with van der Waals surface area (Å²) >= 11 is 0. The van der Waals surface area contributed by atoms with Crippen molar-refractivity contribution in [3.63, 3.8) is 0 Å². The van der Waals surface area contributed by atoms with Gasteiger partial charge in [-0.05, 0) is 52.9 Å². The summed E-state index contributed by atoms with van der Waals surface area (Å²) in [6, 6.07) is 25.2. The van der Waals surface area contributed by atoms with Crippen molar-refractivity contribution in [2.45, 2.75) is 32.7 Å². The number of rotatable bonds is 5. The fourth-order valence-electron chi connectivity index (χ4n) is 2.75. The maximum atomic E-state index is 12.2. The minimum atomic E-state index is -0.0836. The van der Waals surface area contributed by atoms with Crippen LogP contribution in [0, 0.1) is 0 Å². The van der Waals surface area contributed by atoms with E-state index in [1.165, 1.54) is 5.56 Å². The third-order valence-corrected chi connectivity index (χ3v) is 4.34. The maximum absolute atomic E-state index is 12.2. The Hall–Kier alpha value is -3.07. The predicted octanol–water partition coefficient (Wildman–Crippen LogP) is 5.71. The van der Waals surface area contributed by atoms with E-state index in [-0.39, 0.29) is 11.3 Å². The summed E-state index contributed by atoms with van der Waals surface area (Å²) in [6.45, 7) is 7.02. The second-order valence-electron chi connectivity index (χ2n) is 7.57. The molecule has 0 unspecified atom stereocenters. The lowest BCUT2D eigenvalue weighted by Gasteiger charge is -2.19. The molecule has 0 aliphatic carbocycles. The lowest BCUT2D eigenvalue weighted by atomic mass is 9.87. The Morgan fingerprint density at radius 2 is 1.56 bits per heavy atom. The number of hydrogen-bond acceptors (Lipinski definition) is 2. The third kappa shape index (κ3) is 5.20. The summed E-state index contributed by atoms with van der Waals surface area (Å²) in [7, 11) is 0. The Bertz CT molecular complexity index is 894. The second-order valence-corrected chi connectivity index (χ2v) is 7.57.